The molecular formula is C29H29N5O. The van der Waals surface area contributed by atoms with Crippen molar-refractivity contribution in [3.05, 3.63) is 90.6 Å². The molecule has 35 heavy (non-hydrogen) atoms. The first-order chi connectivity index (χ1) is 17.2. The van der Waals surface area contributed by atoms with Crippen molar-refractivity contribution in [2.75, 3.05) is 13.1 Å². The summed E-state index contributed by atoms with van der Waals surface area (Å²) in [6.07, 6.45) is 7.35. The molecule has 2 aromatic carbocycles. The number of aryl methyl sites for hydroxylation is 1. The Labute approximate surface area is 205 Å². The van der Waals surface area contributed by atoms with Crippen LogP contribution in [0.2, 0.25) is 0 Å². The normalized spacial score (nSPS) is 18.1. The summed E-state index contributed by atoms with van der Waals surface area (Å²) in [6, 6.07) is 21.9. The molecular weight excluding hydrogens is 434 g/mol. The Kier molecular flexibility index (Phi) is 5.66. The standard InChI is InChI=1S/C29H29N5O/c1-2-27(35)33-17-14-23(15-18-33)31-25-13-11-21-19-22(10-12-24(21)25)28-29(20-7-4-3-5-8-20)34-26(32-28)9-6-16-30-34/h2-10,12,16,19,23,25,31H,1,11,13-15,17-18H2. The number of carbonyl (C=O) groups is 1. The quantitative estimate of drug-likeness (QED) is 0.431. The lowest BCUT2D eigenvalue weighted by Gasteiger charge is -2.33. The molecule has 0 spiro atoms. The van der Waals surface area contributed by atoms with Gasteiger partial charge in [-0.3, -0.25) is 4.79 Å². The number of nitrogens with one attached hydrogen (secondary N) is 1. The number of carbonyl (C=O) groups excluding carboxylic acids is 1. The smallest absolute Gasteiger partial charge is 0.245 e. The van der Waals surface area contributed by atoms with Gasteiger partial charge in [-0.15, -0.1) is 0 Å². The molecule has 6 nitrogen and oxygen atoms in total. The van der Waals surface area contributed by atoms with E-state index in [1.54, 1.807) is 0 Å². The zero-order chi connectivity index (χ0) is 23.8. The molecule has 4 aromatic rings. The lowest BCUT2D eigenvalue weighted by molar-refractivity contribution is -0.127. The minimum absolute atomic E-state index is 0.0409. The van der Waals surface area contributed by atoms with Crippen LogP contribution in [0.3, 0.4) is 0 Å². The van der Waals surface area contributed by atoms with Gasteiger partial charge in [-0.1, -0.05) is 49.0 Å². The van der Waals surface area contributed by atoms with Gasteiger partial charge in [0.1, 0.15) is 5.69 Å². The summed E-state index contributed by atoms with van der Waals surface area (Å²) in [4.78, 5) is 18.7. The van der Waals surface area contributed by atoms with Gasteiger partial charge >= 0.3 is 0 Å². The van der Waals surface area contributed by atoms with Gasteiger partial charge in [0.15, 0.2) is 5.65 Å². The second-order valence-corrected chi connectivity index (χ2v) is 9.44. The summed E-state index contributed by atoms with van der Waals surface area (Å²) in [5, 5.41) is 8.46. The van der Waals surface area contributed by atoms with E-state index < -0.39 is 0 Å². The summed E-state index contributed by atoms with van der Waals surface area (Å²) in [6.45, 7) is 5.20. The van der Waals surface area contributed by atoms with Crippen LogP contribution in [0.15, 0.2) is 79.5 Å². The molecule has 1 aliphatic carbocycles. The van der Waals surface area contributed by atoms with E-state index in [1.807, 2.05) is 33.8 Å². The highest BCUT2D eigenvalue weighted by Gasteiger charge is 2.28. The van der Waals surface area contributed by atoms with E-state index in [2.05, 4.69) is 59.5 Å². The molecule has 1 saturated heterocycles. The first-order valence-corrected chi connectivity index (χ1v) is 12.4. The molecule has 3 heterocycles. The van der Waals surface area contributed by atoms with E-state index in [0.29, 0.717) is 12.1 Å². The summed E-state index contributed by atoms with van der Waals surface area (Å²) in [5.41, 5.74) is 7.86. The number of aromatic nitrogens is 3. The van der Waals surface area contributed by atoms with Gasteiger partial charge in [0.25, 0.3) is 0 Å². The molecule has 1 unspecified atom stereocenters. The number of hydrogen-bond acceptors (Lipinski definition) is 4. The predicted molar refractivity (Wildman–Crippen MR) is 138 cm³/mol. The molecule has 0 bridgehead atoms. The molecule has 0 saturated carbocycles. The Morgan fingerprint density at radius 2 is 1.83 bits per heavy atom. The third-order valence-electron chi connectivity index (χ3n) is 7.35. The molecule has 2 aromatic heterocycles. The van der Waals surface area contributed by atoms with Crippen LogP contribution in [0.25, 0.3) is 28.2 Å². The summed E-state index contributed by atoms with van der Waals surface area (Å²) < 4.78 is 1.94. The van der Waals surface area contributed by atoms with Crippen LogP contribution in [-0.2, 0) is 11.2 Å². The van der Waals surface area contributed by atoms with Gasteiger partial charge in [0.2, 0.25) is 5.91 Å². The van der Waals surface area contributed by atoms with Gasteiger partial charge in [-0.05, 0) is 61.1 Å². The monoisotopic (exact) mass is 463 g/mol. The number of hydrogen-bond donors (Lipinski definition) is 1. The molecule has 1 N–H and O–H groups in total. The zero-order valence-electron chi connectivity index (χ0n) is 19.7. The molecule has 2 aliphatic rings. The minimum Gasteiger partial charge on any atom is -0.339 e. The lowest BCUT2D eigenvalue weighted by atomic mass is 9.99. The number of amides is 1. The van der Waals surface area contributed by atoms with E-state index in [1.165, 1.54) is 17.2 Å². The van der Waals surface area contributed by atoms with E-state index >= 15 is 0 Å². The number of imidazole rings is 1. The van der Waals surface area contributed by atoms with Crippen molar-refractivity contribution in [1.29, 1.82) is 0 Å². The third kappa shape index (κ3) is 4.04. The molecule has 1 fully saturated rings. The molecule has 1 aliphatic heterocycles. The number of nitrogens with zero attached hydrogens (tertiary/aromatic N) is 4. The van der Waals surface area contributed by atoms with Crippen molar-refractivity contribution in [2.45, 2.75) is 37.8 Å². The van der Waals surface area contributed by atoms with Crippen molar-refractivity contribution in [1.82, 2.24) is 24.8 Å². The largest absolute Gasteiger partial charge is 0.339 e. The maximum Gasteiger partial charge on any atom is 0.245 e. The molecule has 6 heteroatoms. The van der Waals surface area contributed by atoms with Crippen LogP contribution in [0.1, 0.15) is 36.4 Å². The number of benzene rings is 2. The molecule has 1 amide bonds. The fraction of sp³-hybridized carbons (Fsp3) is 0.276. The van der Waals surface area contributed by atoms with Crippen LogP contribution < -0.4 is 5.32 Å². The third-order valence-corrected chi connectivity index (χ3v) is 7.35. The van der Waals surface area contributed by atoms with Gasteiger partial charge < -0.3 is 10.2 Å². The van der Waals surface area contributed by atoms with E-state index in [0.717, 1.165) is 66.9 Å². The van der Waals surface area contributed by atoms with Gasteiger partial charge in [-0.2, -0.15) is 5.10 Å². The maximum atomic E-state index is 11.9. The van der Waals surface area contributed by atoms with Crippen LogP contribution in [0, 0.1) is 0 Å². The van der Waals surface area contributed by atoms with Crippen molar-refractivity contribution in [3.63, 3.8) is 0 Å². The summed E-state index contributed by atoms with van der Waals surface area (Å²) in [7, 11) is 0. The highest BCUT2D eigenvalue weighted by Crippen LogP contribution is 2.38. The Balaban J connectivity index is 1.26. The van der Waals surface area contributed by atoms with Crippen LogP contribution >= 0.6 is 0 Å². The van der Waals surface area contributed by atoms with Crippen LogP contribution in [0.4, 0.5) is 0 Å². The fourth-order valence-corrected chi connectivity index (χ4v) is 5.56. The average molecular weight is 464 g/mol. The molecule has 6 rings (SSSR count). The summed E-state index contributed by atoms with van der Waals surface area (Å²) >= 11 is 0. The fourth-order valence-electron chi connectivity index (χ4n) is 5.56. The molecule has 0 radical (unpaired) electrons. The zero-order valence-corrected chi connectivity index (χ0v) is 19.7. The van der Waals surface area contributed by atoms with Gasteiger partial charge in [-0.25, -0.2) is 9.50 Å². The molecule has 176 valence electrons. The van der Waals surface area contributed by atoms with Crippen molar-refractivity contribution >= 4 is 11.6 Å². The van der Waals surface area contributed by atoms with Crippen LogP contribution in [-0.4, -0.2) is 44.5 Å². The average Bonchev–Trinajstić information content (AvgIpc) is 3.50. The van der Waals surface area contributed by atoms with Crippen molar-refractivity contribution < 1.29 is 4.79 Å². The first kappa shape index (κ1) is 21.7. The van der Waals surface area contributed by atoms with Crippen molar-refractivity contribution in [2.24, 2.45) is 0 Å². The maximum absolute atomic E-state index is 11.9. The number of rotatable bonds is 5. The minimum atomic E-state index is 0.0409. The Bertz CT molecular complexity index is 1380. The summed E-state index contributed by atoms with van der Waals surface area (Å²) in [5.74, 6) is 0.0409. The SMILES string of the molecule is C=CC(=O)N1CCC(NC2CCc3cc(-c4nc5cccnn5c4-c4ccccc4)ccc32)CC1. The lowest BCUT2D eigenvalue weighted by Crippen LogP contribution is -2.45. The second kappa shape index (κ2) is 9.12. The van der Waals surface area contributed by atoms with Crippen LogP contribution in [0.5, 0.6) is 0 Å². The Hall–Kier alpha value is -3.77. The highest BCUT2D eigenvalue weighted by molar-refractivity contribution is 5.87. The highest BCUT2D eigenvalue weighted by atomic mass is 16.2. The predicted octanol–water partition coefficient (Wildman–Crippen LogP) is 4.82. The first-order valence-electron chi connectivity index (χ1n) is 12.4. The number of piperidine rings is 1. The second-order valence-electron chi connectivity index (χ2n) is 9.44. The topological polar surface area (TPSA) is 62.5 Å². The van der Waals surface area contributed by atoms with E-state index in [-0.39, 0.29) is 5.91 Å². The van der Waals surface area contributed by atoms with E-state index in [9.17, 15) is 4.79 Å². The Morgan fingerprint density at radius 3 is 2.63 bits per heavy atom. The number of fused-ring (bicyclic) bond motifs is 2. The van der Waals surface area contributed by atoms with Gasteiger partial charge in [0.05, 0.1) is 5.69 Å². The van der Waals surface area contributed by atoms with Gasteiger partial charge in [0, 0.05) is 42.5 Å². The van der Waals surface area contributed by atoms with E-state index in [4.69, 9.17) is 4.98 Å². The number of likely N-dealkylation sites (tertiary alicyclic amines) is 1. The Morgan fingerprint density at radius 1 is 1.00 bits per heavy atom. The molecule has 1 atom stereocenters. The van der Waals surface area contributed by atoms with Crippen molar-refractivity contribution in [3.8, 4) is 22.5 Å².